The summed E-state index contributed by atoms with van der Waals surface area (Å²) in [6.07, 6.45) is 15.1. The SMILES string of the molecule is CCCCCCCCCCCCCC(=O)Oc1ccc(C=Nc2cccc(N(O)O)c2)c([O-])c1. The molecule has 0 unspecified atom stereocenters. The van der Waals surface area contributed by atoms with Gasteiger partial charge in [0.1, 0.15) is 5.75 Å². The zero-order valence-electron chi connectivity index (χ0n) is 20.1. The summed E-state index contributed by atoms with van der Waals surface area (Å²) < 4.78 is 5.30. The van der Waals surface area contributed by atoms with E-state index < -0.39 is 0 Å². The highest BCUT2D eigenvalue weighted by Crippen LogP contribution is 2.23. The number of hydrogen-bond acceptors (Lipinski definition) is 7. The van der Waals surface area contributed by atoms with Gasteiger partial charge in [0.15, 0.2) is 0 Å². The molecule has 2 aromatic carbocycles. The van der Waals surface area contributed by atoms with Crippen molar-refractivity contribution in [1.29, 1.82) is 0 Å². The number of aliphatic imine (C=N–C) groups is 1. The molecule has 0 aliphatic heterocycles. The van der Waals surface area contributed by atoms with Gasteiger partial charge in [-0.05, 0) is 42.3 Å². The smallest absolute Gasteiger partial charge is 0.311 e. The number of unbranched alkanes of at least 4 members (excludes halogenated alkanes) is 10. The van der Waals surface area contributed by atoms with E-state index in [4.69, 9.17) is 15.2 Å². The molecular weight excluding hydrogens is 432 g/mol. The van der Waals surface area contributed by atoms with Gasteiger partial charge in [0.25, 0.3) is 0 Å². The third-order valence-corrected chi connectivity index (χ3v) is 5.61. The molecule has 0 saturated heterocycles. The molecule has 0 aliphatic carbocycles. The first-order valence-corrected chi connectivity index (χ1v) is 12.3. The normalized spacial score (nSPS) is 11.1. The molecule has 2 rings (SSSR count). The predicted octanol–water partition coefficient (Wildman–Crippen LogP) is 6.70. The Morgan fingerprint density at radius 1 is 0.941 bits per heavy atom. The second-order valence-corrected chi connectivity index (χ2v) is 8.53. The van der Waals surface area contributed by atoms with Crippen LogP contribution in [0.5, 0.6) is 11.5 Å². The number of nitrogens with zero attached hydrogens (tertiary/aromatic N) is 2. The van der Waals surface area contributed by atoms with Crippen molar-refractivity contribution in [1.82, 2.24) is 0 Å². The van der Waals surface area contributed by atoms with Crippen molar-refractivity contribution in [2.45, 2.75) is 84.0 Å². The van der Waals surface area contributed by atoms with E-state index in [-0.39, 0.29) is 28.4 Å². The number of hydrogen-bond donors (Lipinski definition) is 2. The Morgan fingerprint density at radius 3 is 2.21 bits per heavy atom. The minimum absolute atomic E-state index is 0.00231. The highest BCUT2D eigenvalue weighted by atomic mass is 16.8. The van der Waals surface area contributed by atoms with Crippen LogP contribution in [0.4, 0.5) is 11.4 Å². The van der Waals surface area contributed by atoms with Gasteiger partial charge in [-0.15, -0.1) is 5.23 Å². The van der Waals surface area contributed by atoms with Crippen LogP contribution in [0.25, 0.3) is 0 Å². The number of anilines is 1. The number of rotatable bonds is 16. The van der Waals surface area contributed by atoms with Crippen LogP contribution in [0.1, 0.15) is 89.5 Å². The lowest BCUT2D eigenvalue weighted by atomic mass is 10.1. The van der Waals surface area contributed by atoms with Crippen molar-refractivity contribution in [2.24, 2.45) is 4.99 Å². The van der Waals surface area contributed by atoms with Crippen molar-refractivity contribution < 1.29 is 25.1 Å². The van der Waals surface area contributed by atoms with E-state index in [1.165, 1.54) is 75.8 Å². The summed E-state index contributed by atoms with van der Waals surface area (Å²) in [4.78, 5) is 16.3. The predicted molar refractivity (Wildman–Crippen MR) is 132 cm³/mol. The molecule has 7 heteroatoms. The van der Waals surface area contributed by atoms with Crippen molar-refractivity contribution in [3.8, 4) is 11.5 Å². The molecule has 2 N–H and O–H groups in total. The maximum atomic E-state index is 12.3. The van der Waals surface area contributed by atoms with Crippen LogP contribution in [0.15, 0.2) is 47.5 Å². The van der Waals surface area contributed by atoms with E-state index in [1.807, 2.05) is 0 Å². The average Bonchev–Trinajstić information content (AvgIpc) is 2.82. The molecule has 0 saturated carbocycles. The van der Waals surface area contributed by atoms with E-state index in [0.29, 0.717) is 17.7 Å². The molecular formula is C27H37N2O5-. The Bertz CT molecular complexity index is 898. The van der Waals surface area contributed by atoms with Gasteiger partial charge in [0.2, 0.25) is 0 Å². The van der Waals surface area contributed by atoms with E-state index in [9.17, 15) is 9.90 Å². The fourth-order valence-electron chi connectivity index (χ4n) is 3.64. The molecule has 0 atom stereocenters. The summed E-state index contributed by atoms with van der Waals surface area (Å²) in [5.74, 6) is -0.412. The Morgan fingerprint density at radius 2 is 1.59 bits per heavy atom. The van der Waals surface area contributed by atoms with Crippen LogP contribution in [0.3, 0.4) is 0 Å². The molecule has 0 aromatic heterocycles. The second kappa shape index (κ2) is 15.9. The van der Waals surface area contributed by atoms with Gasteiger partial charge < -0.3 is 9.84 Å². The first-order chi connectivity index (χ1) is 16.5. The summed E-state index contributed by atoms with van der Waals surface area (Å²) in [6, 6.07) is 10.6. The third kappa shape index (κ3) is 10.8. The van der Waals surface area contributed by atoms with Gasteiger partial charge in [0, 0.05) is 12.6 Å². The van der Waals surface area contributed by atoms with Crippen LogP contribution >= 0.6 is 0 Å². The molecule has 0 radical (unpaired) electrons. The van der Waals surface area contributed by atoms with Gasteiger partial charge in [-0.2, -0.15) is 0 Å². The summed E-state index contributed by atoms with van der Waals surface area (Å²) in [5, 5.41) is 30.4. The number of carbonyl (C=O) groups is 1. The molecule has 0 fully saturated rings. The zero-order valence-corrected chi connectivity index (χ0v) is 20.1. The molecule has 0 amide bonds. The number of esters is 1. The van der Waals surface area contributed by atoms with Gasteiger partial charge in [-0.1, -0.05) is 89.0 Å². The van der Waals surface area contributed by atoms with Crippen LogP contribution in [-0.4, -0.2) is 22.6 Å². The Labute approximate surface area is 202 Å². The topological polar surface area (TPSA) is 105 Å². The highest BCUT2D eigenvalue weighted by Gasteiger charge is 2.06. The quantitative estimate of drug-likeness (QED) is 0.0931. The monoisotopic (exact) mass is 469 g/mol. The fourth-order valence-corrected chi connectivity index (χ4v) is 3.64. The molecule has 0 spiro atoms. The van der Waals surface area contributed by atoms with Crippen molar-refractivity contribution in [2.75, 3.05) is 5.23 Å². The largest absolute Gasteiger partial charge is 0.872 e. The molecule has 2 aromatic rings. The van der Waals surface area contributed by atoms with Gasteiger partial charge in [-0.25, -0.2) is 0 Å². The summed E-state index contributed by atoms with van der Waals surface area (Å²) >= 11 is 0. The van der Waals surface area contributed by atoms with E-state index in [0.717, 1.165) is 19.3 Å². The first kappa shape index (κ1) is 27.3. The fraction of sp³-hybridized carbons (Fsp3) is 0.481. The molecule has 34 heavy (non-hydrogen) atoms. The van der Waals surface area contributed by atoms with Gasteiger partial charge in [-0.3, -0.25) is 20.2 Å². The lowest BCUT2D eigenvalue weighted by Crippen LogP contribution is -2.10. The summed E-state index contributed by atoms with van der Waals surface area (Å²) in [6.45, 7) is 2.23. The van der Waals surface area contributed by atoms with E-state index in [2.05, 4.69) is 11.9 Å². The summed E-state index contributed by atoms with van der Waals surface area (Å²) in [7, 11) is 0. The Balaban J connectivity index is 1.67. The minimum Gasteiger partial charge on any atom is -0.872 e. The Hall–Kier alpha value is -2.90. The highest BCUT2D eigenvalue weighted by molar-refractivity contribution is 5.86. The van der Waals surface area contributed by atoms with Crippen LogP contribution < -0.4 is 15.1 Å². The molecule has 7 nitrogen and oxygen atoms in total. The molecule has 186 valence electrons. The van der Waals surface area contributed by atoms with E-state index in [1.54, 1.807) is 24.3 Å². The molecule has 0 heterocycles. The summed E-state index contributed by atoms with van der Waals surface area (Å²) in [5.41, 5.74) is 0.935. The van der Waals surface area contributed by atoms with Crippen LogP contribution in [0.2, 0.25) is 0 Å². The van der Waals surface area contributed by atoms with Crippen molar-refractivity contribution in [3.05, 3.63) is 48.0 Å². The number of carbonyl (C=O) groups excluding carboxylic acids is 1. The first-order valence-electron chi connectivity index (χ1n) is 12.3. The standard InChI is InChI=1S/C27H38N2O5/c1-2-3-4-5-6-7-8-9-10-11-12-16-27(31)34-25-18-17-22(26(30)20-25)21-28-23-14-13-15-24(19-23)29(32)33/h13-15,17-21,30,32-33H,2-12,16H2,1H3/p-1. The maximum Gasteiger partial charge on any atom is 0.311 e. The minimum atomic E-state index is -0.328. The van der Waals surface area contributed by atoms with Gasteiger partial charge >= 0.3 is 5.97 Å². The van der Waals surface area contributed by atoms with Crippen LogP contribution in [0, 0.1) is 0 Å². The third-order valence-electron chi connectivity index (χ3n) is 5.61. The number of ether oxygens (including phenoxy) is 1. The van der Waals surface area contributed by atoms with Gasteiger partial charge in [0.05, 0.1) is 11.4 Å². The van der Waals surface area contributed by atoms with Crippen molar-refractivity contribution >= 4 is 23.6 Å². The van der Waals surface area contributed by atoms with Crippen LogP contribution in [-0.2, 0) is 4.79 Å². The van der Waals surface area contributed by atoms with Crippen molar-refractivity contribution in [3.63, 3.8) is 0 Å². The Kier molecular flexibility index (Phi) is 12.7. The number of benzene rings is 2. The zero-order chi connectivity index (χ0) is 24.6. The average molecular weight is 470 g/mol. The lowest BCUT2D eigenvalue weighted by molar-refractivity contribution is -0.268. The second-order valence-electron chi connectivity index (χ2n) is 8.53. The molecule has 0 aliphatic rings. The lowest BCUT2D eigenvalue weighted by Gasteiger charge is -2.12. The molecule has 0 bridgehead atoms. The maximum absolute atomic E-state index is 12.3. The van der Waals surface area contributed by atoms with E-state index >= 15 is 0 Å².